The van der Waals surface area contributed by atoms with Gasteiger partial charge in [0.1, 0.15) is 0 Å². The lowest BCUT2D eigenvalue weighted by atomic mass is 9.98. The number of hydrogen-bond donors (Lipinski definition) is 1. The zero-order valence-electron chi connectivity index (χ0n) is 16.3. The zero-order chi connectivity index (χ0) is 20.1. The molecule has 2 nitrogen and oxygen atoms in total. The Hall–Kier alpha value is -3.39. The predicted molar refractivity (Wildman–Crippen MR) is 119 cm³/mol. The molecule has 0 saturated carbocycles. The molecule has 0 unspecified atom stereocenters. The van der Waals surface area contributed by atoms with Crippen LogP contribution in [0.5, 0.6) is 0 Å². The Morgan fingerprint density at radius 3 is 1.76 bits per heavy atom. The smallest absolute Gasteiger partial charge is 0.335 e. The van der Waals surface area contributed by atoms with E-state index >= 15 is 0 Å². The SMILES string of the molecule is O=C(O)c1ccc(CCc2cccc(CCc3ccc4ccccc4c3)c2)cc1. The number of benzene rings is 4. The van der Waals surface area contributed by atoms with Gasteiger partial charge in [-0.05, 0) is 70.8 Å². The minimum Gasteiger partial charge on any atom is -0.478 e. The molecule has 29 heavy (non-hydrogen) atoms. The third-order valence-electron chi connectivity index (χ3n) is 5.41. The van der Waals surface area contributed by atoms with Crippen LogP contribution < -0.4 is 0 Å². The number of carbonyl (C=O) groups is 1. The van der Waals surface area contributed by atoms with Crippen molar-refractivity contribution in [2.75, 3.05) is 0 Å². The van der Waals surface area contributed by atoms with Crippen molar-refractivity contribution in [2.24, 2.45) is 0 Å². The van der Waals surface area contributed by atoms with Crippen LogP contribution in [0.3, 0.4) is 0 Å². The summed E-state index contributed by atoms with van der Waals surface area (Å²) in [6, 6.07) is 31.2. The Bertz CT molecular complexity index is 1130. The highest BCUT2D eigenvalue weighted by Gasteiger charge is 2.03. The first-order valence-corrected chi connectivity index (χ1v) is 10.1. The van der Waals surface area contributed by atoms with Gasteiger partial charge in [-0.2, -0.15) is 0 Å². The number of fused-ring (bicyclic) bond motifs is 1. The normalized spacial score (nSPS) is 10.9. The van der Waals surface area contributed by atoms with Crippen molar-refractivity contribution in [3.05, 3.63) is 119 Å². The first-order valence-electron chi connectivity index (χ1n) is 10.1. The Kier molecular flexibility index (Phi) is 5.71. The van der Waals surface area contributed by atoms with Gasteiger partial charge < -0.3 is 5.11 Å². The summed E-state index contributed by atoms with van der Waals surface area (Å²) < 4.78 is 0. The van der Waals surface area contributed by atoms with Gasteiger partial charge in [0.2, 0.25) is 0 Å². The molecule has 0 aliphatic carbocycles. The second kappa shape index (κ2) is 8.74. The number of aryl methyl sites for hydroxylation is 4. The summed E-state index contributed by atoms with van der Waals surface area (Å²) in [6.45, 7) is 0. The van der Waals surface area contributed by atoms with E-state index in [4.69, 9.17) is 5.11 Å². The lowest BCUT2D eigenvalue weighted by molar-refractivity contribution is 0.0697. The molecule has 0 radical (unpaired) electrons. The molecule has 4 aromatic rings. The highest BCUT2D eigenvalue weighted by molar-refractivity contribution is 5.87. The van der Waals surface area contributed by atoms with Crippen molar-refractivity contribution in [1.82, 2.24) is 0 Å². The maximum Gasteiger partial charge on any atom is 0.335 e. The highest BCUT2D eigenvalue weighted by Crippen LogP contribution is 2.18. The summed E-state index contributed by atoms with van der Waals surface area (Å²) in [5.41, 5.74) is 5.55. The monoisotopic (exact) mass is 380 g/mol. The number of aromatic carboxylic acids is 1. The van der Waals surface area contributed by atoms with Crippen molar-refractivity contribution in [2.45, 2.75) is 25.7 Å². The maximum absolute atomic E-state index is 11.0. The molecule has 0 spiro atoms. The molecule has 0 bridgehead atoms. The van der Waals surface area contributed by atoms with Gasteiger partial charge in [-0.1, -0.05) is 78.9 Å². The largest absolute Gasteiger partial charge is 0.478 e. The summed E-state index contributed by atoms with van der Waals surface area (Å²) >= 11 is 0. The molecule has 4 aromatic carbocycles. The van der Waals surface area contributed by atoms with Crippen molar-refractivity contribution in [3.8, 4) is 0 Å². The minimum absolute atomic E-state index is 0.337. The lowest BCUT2D eigenvalue weighted by Crippen LogP contribution is -1.98. The van der Waals surface area contributed by atoms with Crippen LogP contribution >= 0.6 is 0 Å². The Labute approximate surface area is 171 Å². The molecular weight excluding hydrogens is 356 g/mol. The van der Waals surface area contributed by atoms with Gasteiger partial charge in [0.15, 0.2) is 0 Å². The number of rotatable bonds is 7. The average Bonchev–Trinajstić information content (AvgIpc) is 2.77. The summed E-state index contributed by atoms with van der Waals surface area (Å²) in [6.07, 6.45) is 3.93. The van der Waals surface area contributed by atoms with Gasteiger partial charge in [0.25, 0.3) is 0 Å². The van der Waals surface area contributed by atoms with E-state index in [1.807, 2.05) is 12.1 Å². The molecule has 0 fully saturated rings. The fourth-order valence-electron chi connectivity index (χ4n) is 3.73. The molecule has 0 aliphatic heterocycles. The van der Waals surface area contributed by atoms with Crippen LogP contribution in [0.2, 0.25) is 0 Å². The molecule has 0 aromatic heterocycles. The predicted octanol–water partition coefficient (Wildman–Crippen LogP) is 6.11. The van der Waals surface area contributed by atoms with Crippen LogP contribution in [0.4, 0.5) is 0 Å². The maximum atomic E-state index is 11.0. The minimum atomic E-state index is -0.879. The van der Waals surface area contributed by atoms with E-state index in [1.165, 1.54) is 27.5 Å². The van der Waals surface area contributed by atoms with Crippen LogP contribution in [0.1, 0.15) is 32.6 Å². The van der Waals surface area contributed by atoms with Crippen molar-refractivity contribution in [1.29, 1.82) is 0 Å². The third-order valence-corrected chi connectivity index (χ3v) is 5.41. The molecule has 0 aliphatic rings. The first-order chi connectivity index (χ1) is 14.2. The van der Waals surface area contributed by atoms with E-state index in [9.17, 15) is 4.79 Å². The fourth-order valence-corrected chi connectivity index (χ4v) is 3.73. The topological polar surface area (TPSA) is 37.3 Å². The molecule has 0 atom stereocenters. The van der Waals surface area contributed by atoms with Gasteiger partial charge in [0.05, 0.1) is 5.56 Å². The molecule has 1 N–H and O–H groups in total. The van der Waals surface area contributed by atoms with Crippen LogP contribution in [-0.4, -0.2) is 11.1 Å². The van der Waals surface area contributed by atoms with Gasteiger partial charge in [-0.15, -0.1) is 0 Å². The first kappa shape index (κ1) is 18.9. The van der Waals surface area contributed by atoms with Crippen molar-refractivity contribution < 1.29 is 9.90 Å². The quantitative estimate of drug-likeness (QED) is 0.420. The zero-order valence-corrected chi connectivity index (χ0v) is 16.3. The van der Waals surface area contributed by atoms with E-state index in [0.717, 1.165) is 31.2 Å². The van der Waals surface area contributed by atoms with Crippen molar-refractivity contribution in [3.63, 3.8) is 0 Å². The Morgan fingerprint density at radius 1 is 0.552 bits per heavy atom. The average molecular weight is 380 g/mol. The highest BCUT2D eigenvalue weighted by atomic mass is 16.4. The Morgan fingerprint density at radius 2 is 1.10 bits per heavy atom. The lowest BCUT2D eigenvalue weighted by Gasteiger charge is -2.07. The van der Waals surface area contributed by atoms with Crippen LogP contribution in [0, 0.1) is 0 Å². The molecule has 2 heteroatoms. The van der Waals surface area contributed by atoms with Crippen molar-refractivity contribution >= 4 is 16.7 Å². The number of carboxylic acids is 1. The summed E-state index contributed by atoms with van der Waals surface area (Å²) in [7, 11) is 0. The van der Waals surface area contributed by atoms with Crippen LogP contribution in [-0.2, 0) is 25.7 Å². The van der Waals surface area contributed by atoms with Gasteiger partial charge >= 0.3 is 5.97 Å². The summed E-state index contributed by atoms with van der Waals surface area (Å²) in [5, 5.41) is 11.6. The summed E-state index contributed by atoms with van der Waals surface area (Å²) in [4.78, 5) is 11.0. The molecular formula is C27H24O2. The van der Waals surface area contributed by atoms with Gasteiger partial charge in [-0.3, -0.25) is 0 Å². The summed E-state index contributed by atoms with van der Waals surface area (Å²) in [5.74, 6) is -0.879. The van der Waals surface area contributed by atoms with Gasteiger partial charge in [0, 0.05) is 0 Å². The van der Waals surface area contributed by atoms with E-state index in [-0.39, 0.29) is 0 Å². The second-order valence-corrected chi connectivity index (χ2v) is 7.50. The van der Waals surface area contributed by atoms with E-state index in [2.05, 4.69) is 66.7 Å². The molecule has 0 saturated heterocycles. The van der Waals surface area contributed by atoms with Crippen LogP contribution in [0.25, 0.3) is 10.8 Å². The fraction of sp³-hybridized carbons (Fsp3) is 0.148. The number of carboxylic acid groups (broad SMARTS) is 1. The second-order valence-electron chi connectivity index (χ2n) is 7.50. The van der Waals surface area contributed by atoms with Gasteiger partial charge in [-0.25, -0.2) is 4.79 Å². The van der Waals surface area contributed by atoms with E-state index in [0.29, 0.717) is 5.56 Å². The van der Waals surface area contributed by atoms with E-state index in [1.54, 1.807) is 12.1 Å². The van der Waals surface area contributed by atoms with Crippen LogP contribution in [0.15, 0.2) is 91.0 Å². The Balaban J connectivity index is 1.37. The number of hydrogen-bond acceptors (Lipinski definition) is 1. The molecule has 4 rings (SSSR count). The third kappa shape index (κ3) is 4.91. The van der Waals surface area contributed by atoms with E-state index < -0.39 is 5.97 Å². The molecule has 0 heterocycles. The molecule has 144 valence electrons. The molecule has 0 amide bonds. The standard InChI is InChI=1S/C27H24O2/c28-27(29)25-16-12-20(13-17-25)8-9-21-4-3-5-22(18-21)10-11-23-14-15-24-6-1-2-7-26(24)19-23/h1-7,12-19H,8-11H2,(H,28,29).